The van der Waals surface area contributed by atoms with E-state index in [2.05, 4.69) is 5.32 Å². The smallest absolute Gasteiger partial charge is 0.326 e. The first-order valence-electron chi connectivity index (χ1n) is 13.8. The van der Waals surface area contributed by atoms with E-state index in [0.717, 1.165) is 16.7 Å². The van der Waals surface area contributed by atoms with E-state index in [-0.39, 0.29) is 6.42 Å². The van der Waals surface area contributed by atoms with Gasteiger partial charge in [0.15, 0.2) is 23.0 Å². The summed E-state index contributed by atoms with van der Waals surface area (Å²) in [5.74, 6) is 0.591. The van der Waals surface area contributed by atoms with Crippen LogP contribution < -0.4 is 24.3 Å². The summed E-state index contributed by atoms with van der Waals surface area (Å²) < 4.78 is 22.7. The first-order valence-corrected chi connectivity index (χ1v) is 13.8. The minimum absolute atomic E-state index is 0.0851. The molecule has 0 bridgehead atoms. The van der Waals surface area contributed by atoms with Crippen LogP contribution in [-0.4, -0.2) is 37.2 Å². The van der Waals surface area contributed by atoms with Gasteiger partial charge in [-0.15, -0.1) is 0 Å². The molecule has 1 atom stereocenters. The van der Waals surface area contributed by atoms with Crippen LogP contribution in [0.25, 0.3) is 0 Å². The van der Waals surface area contributed by atoms with Crippen molar-refractivity contribution in [3.05, 3.63) is 131 Å². The number of amides is 1. The number of methoxy groups -OCH3 is 2. The van der Waals surface area contributed by atoms with Crippen LogP contribution in [0.3, 0.4) is 0 Å². The Morgan fingerprint density at radius 3 is 1.86 bits per heavy atom. The molecule has 0 aliphatic rings. The van der Waals surface area contributed by atoms with Crippen molar-refractivity contribution in [1.82, 2.24) is 5.32 Å². The molecule has 0 radical (unpaired) electrons. The van der Waals surface area contributed by atoms with E-state index in [0.29, 0.717) is 48.2 Å². The average Bonchev–Trinajstić information content (AvgIpc) is 3.03. The fourth-order valence-corrected chi connectivity index (χ4v) is 4.35. The molecular weight excluding hydrogens is 546 g/mol. The molecule has 0 saturated heterocycles. The van der Waals surface area contributed by atoms with Crippen molar-refractivity contribution in [3.8, 4) is 23.0 Å². The Hall–Kier alpha value is -5.24. The lowest BCUT2D eigenvalue weighted by molar-refractivity contribution is -0.141. The average molecular weight is 582 g/mol. The van der Waals surface area contributed by atoms with E-state index < -0.39 is 17.9 Å². The van der Waals surface area contributed by atoms with Crippen molar-refractivity contribution in [3.63, 3.8) is 0 Å². The van der Waals surface area contributed by atoms with Crippen LogP contribution in [0, 0.1) is 0 Å². The van der Waals surface area contributed by atoms with Crippen molar-refractivity contribution in [2.24, 2.45) is 0 Å². The number of rotatable bonds is 15. The van der Waals surface area contributed by atoms with Gasteiger partial charge in [0.2, 0.25) is 5.91 Å². The third-order valence-electron chi connectivity index (χ3n) is 6.61. The van der Waals surface area contributed by atoms with Crippen molar-refractivity contribution < 1.29 is 33.6 Å². The third-order valence-corrected chi connectivity index (χ3v) is 6.61. The monoisotopic (exact) mass is 581 g/mol. The zero-order chi connectivity index (χ0) is 30.4. The number of carbonyl (C=O) groups excluding carboxylic acids is 1. The summed E-state index contributed by atoms with van der Waals surface area (Å²) in [7, 11) is 3.03. The van der Waals surface area contributed by atoms with E-state index in [1.54, 1.807) is 24.3 Å². The number of hydrogen-bond acceptors (Lipinski definition) is 6. The molecule has 0 aliphatic carbocycles. The Morgan fingerprint density at radius 2 is 1.26 bits per heavy atom. The molecule has 222 valence electrons. The first kappa shape index (κ1) is 30.7. The van der Waals surface area contributed by atoms with Crippen LogP contribution in [0.5, 0.6) is 23.0 Å². The molecule has 1 amide bonds. The Bertz CT molecular complexity index is 1520. The van der Waals surface area contributed by atoms with Crippen LogP contribution in [0.4, 0.5) is 0 Å². The molecular formula is C35H35NO7. The highest BCUT2D eigenvalue weighted by atomic mass is 16.5. The largest absolute Gasteiger partial charge is 0.493 e. The number of allylic oxidation sites excluding steroid dienone is 1. The quantitative estimate of drug-likeness (QED) is 0.172. The zero-order valence-corrected chi connectivity index (χ0v) is 24.2. The number of ether oxygens (including phenoxy) is 4. The molecule has 0 saturated carbocycles. The number of carboxylic acids is 1. The Balaban J connectivity index is 1.40. The molecule has 8 heteroatoms. The summed E-state index contributed by atoms with van der Waals surface area (Å²) in [4.78, 5) is 24.5. The Kier molecular flexibility index (Phi) is 11.2. The predicted octanol–water partition coefficient (Wildman–Crippen LogP) is 5.77. The second-order valence-electron chi connectivity index (χ2n) is 9.73. The number of hydrogen-bond donors (Lipinski definition) is 2. The maximum Gasteiger partial charge on any atom is 0.326 e. The van der Waals surface area contributed by atoms with E-state index >= 15 is 0 Å². The van der Waals surface area contributed by atoms with Crippen molar-refractivity contribution >= 4 is 11.9 Å². The molecule has 4 rings (SSSR count). The normalized spacial score (nSPS) is 11.5. The number of nitrogens with one attached hydrogen (secondary N) is 1. The molecule has 0 spiro atoms. The summed E-state index contributed by atoms with van der Waals surface area (Å²) >= 11 is 0. The van der Waals surface area contributed by atoms with Gasteiger partial charge in [-0.05, 0) is 59.0 Å². The van der Waals surface area contributed by atoms with Crippen LogP contribution >= 0.6 is 0 Å². The summed E-state index contributed by atoms with van der Waals surface area (Å²) in [6.07, 6.45) is 3.55. The lowest BCUT2D eigenvalue weighted by atomic mass is 10.0. The van der Waals surface area contributed by atoms with Crippen LogP contribution in [0.15, 0.2) is 109 Å². The van der Waals surface area contributed by atoms with Gasteiger partial charge in [-0.2, -0.15) is 0 Å². The fourth-order valence-electron chi connectivity index (χ4n) is 4.35. The first-order chi connectivity index (χ1) is 20.9. The fraction of sp³-hybridized carbons (Fsp3) is 0.200. The van der Waals surface area contributed by atoms with Crippen molar-refractivity contribution in [2.45, 2.75) is 32.1 Å². The van der Waals surface area contributed by atoms with Crippen LogP contribution in [0.2, 0.25) is 0 Å². The summed E-state index contributed by atoms with van der Waals surface area (Å²) in [5.41, 5.74) is 3.66. The maximum atomic E-state index is 12.6. The maximum absolute atomic E-state index is 12.6. The molecule has 4 aromatic rings. The lowest BCUT2D eigenvalue weighted by Gasteiger charge is -2.15. The van der Waals surface area contributed by atoms with Crippen LogP contribution in [-0.2, 0) is 35.6 Å². The summed E-state index contributed by atoms with van der Waals surface area (Å²) in [6, 6.07) is 29.4. The van der Waals surface area contributed by atoms with E-state index in [1.807, 2.05) is 78.9 Å². The highest BCUT2D eigenvalue weighted by Crippen LogP contribution is 2.31. The van der Waals surface area contributed by atoms with Gasteiger partial charge in [0, 0.05) is 6.42 Å². The van der Waals surface area contributed by atoms with Gasteiger partial charge in [0.25, 0.3) is 0 Å². The van der Waals surface area contributed by atoms with Crippen molar-refractivity contribution in [2.75, 3.05) is 14.2 Å². The SMILES string of the molecule is COc1ccc(CC(NC(=O)/C=C/Cc2ccc(OCc3ccccc3)c(OCc3ccccc3)c2)C(=O)O)cc1OC. The zero-order valence-electron chi connectivity index (χ0n) is 24.2. The van der Waals surface area contributed by atoms with E-state index in [9.17, 15) is 14.7 Å². The van der Waals surface area contributed by atoms with Gasteiger partial charge in [-0.1, -0.05) is 78.9 Å². The van der Waals surface area contributed by atoms with E-state index in [4.69, 9.17) is 18.9 Å². The molecule has 4 aromatic carbocycles. The minimum atomic E-state index is -1.14. The number of carbonyl (C=O) groups is 2. The molecule has 0 fully saturated rings. The molecule has 43 heavy (non-hydrogen) atoms. The van der Waals surface area contributed by atoms with Gasteiger partial charge >= 0.3 is 5.97 Å². The number of benzene rings is 4. The second-order valence-corrected chi connectivity index (χ2v) is 9.73. The third kappa shape index (κ3) is 9.39. The standard InChI is InChI=1S/C35H35NO7/c1-40-30-18-17-28(22-32(30)41-2)20-29(35(38)39)36-34(37)15-9-14-25-16-19-31(42-23-26-10-5-3-6-11-26)33(21-25)43-24-27-12-7-4-8-13-27/h3-13,15-19,21-22,29H,14,20,23-24H2,1-2H3,(H,36,37)(H,38,39)/b15-9+. The van der Waals surface area contributed by atoms with Gasteiger partial charge in [-0.3, -0.25) is 4.79 Å². The highest BCUT2D eigenvalue weighted by Gasteiger charge is 2.20. The number of carboxylic acid groups (broad SMARTS) is 1. The Morgan fingerprint density at radius 1 is 0.698 bits per heavy atom. The van der Waals surface area contributed by atoms with Crippen LogP contribution in [0.1, 0.15) is 22.3 Å². The second kappa shape index (κ2) is 15.7. The minimum Gasteiger partial charge on any atom is -0.493 e. The van der Waals surface area contributed by atoms with Crippen molar-refractivity contribution in [1.29, 1.82) is 0 Å². The van der Waals surface area contributed by atoms with Gasteiger partial charge in [-0.25, -0.2) is 4.79 Å². The van der Waals surface area contributed by atoms with Gasteiger partial charge in [0.05, 0.1) is 14.2 Å². The molecule has 0 heterocycles. The van der Waals surface area contributed by atoms with Gasteiger partial charge < -0.3 is 29.4 Å². The van der Waals surface area contributed by atoms with Gasteiger partial charge in [0.1, 0.15) is 19.3 Å². The lowest BCUT2D eigenvalue weighted by Crippen LogP contribution is -2.41. The Labute approximate surface area is 251 Å². The summed E-state index contributed by atoms with van der Waals surface area (Å²) in [5, 5.41) is 12.3. The van der Waals surface area contributed by atoms with E-state index in [1.165, 1.54) is 20.3 Å². The summed E-state index contributed by atoms with van der Waals surface area (Å²) in [6.45, 7) is 0.775. The molecule has 2 N–H and O–H groups in total. The molecule has 1 unspecified atom stereocenters. The molecule has 8 nitrogen and oxygen atoms in total. The molecule has 0 aliphatic heterocycles. The highest BCUT2D eigenvalue weighted by molar-refractivity contribution is 5.91. The predicted molar refractivity (Wildman–Crippen MR) is 164 cm³/mol. The number of aliphatic carboxylic acids is 1. The molecule has 0 aromatic heterocycles. The topological polar surface area (TPSA) is 103 Å².